The van der Waals surface area contributed by atoms with Crippen molar-refractivity contribution >= 4 is 23.6 Å². The number of ether oxygens (including phenoxy) is 2. The first-order chi connectivity index (χ1) is 13.6. The van der Waals surface area contributed by atoms with Crippen LogP contribution in [0, 0.1) is 10.1 Å². The van der Waals surface area contributed by atoms with Crippen LogP contribution in [-0.2, 0) is 9.53 Å². The molecule has 0 radical (unpaired) electrons. The molecule has 0 saturated carbocycles. The number of carbonyl (C=O) groups excluding carboxylic acids is 1. The average molecular weight is 385 g/mol. The number of methoxy groups -OCH3 is 1. The molecule has 0 aliphatic carbocycles. The lowest BCUT2D eigenvalue weighted by atomic mass is 10.2. The second kappa shape index (κ2) is 11.3. The summed E-state index contributed by atoms with van der Waals surface area (Å²) in [4.78, 5) is 25.8. The Bertz CT molecular complexity index is 806. The number of anilines is 1. The average Bonchev–Trinajstić information content (AvgIpc) is 2.72. The molecule has 1 aromatic heterocycles. The second-order valence-corrected chi connectivity index (χ2v) is 5.92. The maximum absolute atomic E-state index is 11.7. The Balaban J connectivity index is 1.56. The molecule has 0 atom stereocenters. The van der Waals surface area contributed by atoms with Crippen molar-refractivity contribution in [2.75, 3.05) is 25.6 Å². The van der Waals surface area contributed by atoms with Crippen LogP contribution >= 0.6 is 0 Å². The third-order valence-electron chi connectivity index (χ3n) is 3.84. The summed E-state index contributed by atoms with van der Waals surface area (Å²) in [5.74, 6) is 0.948. The minimum Gasteiger partial charge on any atom is -0.497 e. The summed E-state index contributed by atoms with van der Waals surface area (Å²) in [6, 6.07) is 10.4. The van der Waals surface area contributed by atoms with Crippen LogP contribution in [-0.4, -0.2) is 36.1 Å². The van der Waals surface area contributed by atoms with Crippen molar-refractivity contribution in [1.82, 2.24) is 4.98 Å². The molecular weight excluding hydrogens is 362 g/mol. The molecule has 0 aliphatic rings. The zero-order chi connectivity index (χ0) is 20.2. The predicted molar refractivity (Wildman–Crippen MR) is 106 cm³/mol. The quantitative estimate of drug-likeness (QED) is 0.206. The number of nitrogens with zero attached hydrogens (tertiary/aromatic N) is 2. The molecule has 28 heavy (non-hydrogen) atoms. The monoisotopic (exact) mass is 385 g/mol. The summed E-state index contributed by atoms with van der Waals surface area (Å²) in [6.45, 7) is 1.05. The first-order valence-corrected chi connectivity index (χ1v) is 8.91. The lowest BCUT2D eigenvalue weighted by molar-refractivity contribution is -0.385. The van der Waals surface area contributed by atoms with Gasteiger partial charge in [0.2, 0.25) is 0 Å². The standard InChI is InChI=1S/C20H23N3O5/c1-27-18-7-5-6-16(14-18)8-11-20(24)28-13-4-2-3-12-21-19-10-9-17(15-22-19)23(25)26/h5-11,14-15H,2-4,12-13H2,1H3,(H,21,22)/b11-8+. The zero-order valence-corrected chi connectivity index (χ0v) is 15.7. The van der Waals surface area contributed by atoms with E-state index in [-0.39, 0.29) is 11.7 Å². The van der Waals surface area contributed by atoms with Gasteiger partial charge < -0.3 is 14.8 Å². The van der Waals surface area contributed by atoms with E-state index in [2.05, 4.69) is 10.3 Å². The van der Waals surface area contributed by atoms with Gasteiger partial charge in [-0.05, 0) is 49.1 Å². The number of hydrogen-bond acceptors (Lipinski definition) is 7. The number of pyridine rings is 1. The topological polar surface area (TPSA) is 104 Å². The first kappa shape index (κ1) is 20.9. The van der Waals surface area contributed by atoms with Gasteiger partial charge in [0.05, 0.1) is 18.6 Å². The van der Waals surface area contributed by atoms with Gasteiger partial charge in [-0.3, -0.25) is 10.1 Å². The van der Waals surface area contributed by atoms with Crippen LogP contribution in [0.5, 0.6) is 5.75 Å². The van der Waals surface area contributed by atoms with Crippen molar-refractivity contribution < 1.29 is 19.2 Å². The Hall–Kier alpha value is -3.42. The number of hydrogen-bond donors (Lipinski definition) is 1. The van der Waals surface area contributed by atoms with Crippen LogP contribution in [0.25, 0.3) is 6.08 Å². The summed E-state index contributed by atoms with van der Waals surface area (Å²) < 4.78 is 10.3. The minimum absolute atomic E-state index is 0.0344. The molecular formula is C20H23N3O5. The number of rotatable bonds is 11. The number of nitrogens with one attached hydrogen (secondary N) is 1. The summed E-state index contributed by atoms with van der Waals surface area (Å²) >= 11 is 0. The second-order valence-electron chi connectivity index (χ2n) is 5.92. The highest BCUT2D eigenvalue weighted by Crippen LogP contribution is 2.14. The lowest BCUT2D eigenvalue weighted by Gasteiger charge is -2.05. The van der Waals surface area contributed by atoms with Crippen LogP contribution in [0.4, 0.5) is 11.5 Å². The van der Waals surface area contributed by atoms with E-state index in [9.17, 15) is 14.9 Å². The fourth-order valence-corrected chi connectivity index (χ4v) is 2.35. The molecule has 148 valence electrons. The molecule has 0 saturated heterocycles. The van der Waals surface area contributed by atoms with Crippen LogP contribution in [0.15, 0.2) is 48.7 Å². The maximum atomic E-state index is 11.7. The minimum atomic E-state index is -0.482. The smallest absolute Gasteiger partial charge is 0.330 e. The summed E-state index contributed by atoms with van der Waals surface area (Å²) in [5, 5.41) is 13.7. The predicted octanol–water partition coefficient (Wildman–Crippen LogP) is 3.84. The highest BCUT2D eigenvalue weighted by Gasteiger charge is 2.04. The van der Waals surface area contributed by atoms with Crippen molar-refractivity contribution in [3.05, 3.63) is 64.3 Å². The van der Waals surface area contributed by atoms with Gasteiger partial charge >= 0.3 is 5.97 Å². The molecule has 8 heteroatoms. The van der Waals surface area contributed by atoms with Gasteiger partial charge in [0.15, 0.2) is 0 Å². The van der Waals surface area contributed by atoms with E-state index < -0.39 is 4.92 Å². The van der Waals surface area contributed by atoms with Gasteiger partial charge in [-0.25, -0.2) is 9.78 Å². The SMILES string of the molecule is COc1cccc(/C=C/C(=O)OCCCCCNc2ccc([N+](=O)[O-])cn2)c1. The van der Waals surface area contributed by atoms with Gasteiger partial charge in [-0.15, -0.1) is 0 Å². The van der Waals surface area contributed by atoms with E-state index in [4.69, 9.17) is 9.47 Å². The summed E-state index contributed by atoms with van der Waals surface area (Å²) in [7, 11) is 1.59. The Kier molecular flexibility index (Phi) is 8.45. The van der Waals surface area contributed by atoms with E-state index in [1.165, 1.54) is 18.3 Å². The number of esters is 1. The van der Waals surface area contributed by atoms with Crippen LogP contribution in [0.2, 0.25) is 0 Å². The van der Waals surface area contributed by atoms with Gasteiger partial charge in [-0.2, -0.15) is 0 Å². The Morgan fingerprint density at radius 3 is 2.82 bits per heavy atom. The number of carbonyl (C=O) groups is 1. The van der Waals surface area contributed by atoms with Gasteiger partial charge in [0.1, 0.15) is 17.8 Å². The third-order valence-corrected chi connectivity index (χ3v) is 3.84. The van der Waals surface area contributed by atoms with E-state index in [0.717, 1.165) is 30.6 Å². The Morgan fingerprint density at radius 1 is 1.25 bits per heavy atom. The fourth-order valence-electron chi connectivity index (χ4n) is 2.35. The number of benzene rings is 1. The maximum Gasteiger partial charge on any atom is 0.330 e. The molecule has 0 amide bonds. The molecule has 0 aliphatic heterocycles. The molecule has 2 aromatic rings. The van der Waals surface area contributed by atoms with Crippen LogP contribution in [0.1, 0.15) is 24.8 Å². The van der Waals surface area contributed by atoms with Crippen molar-refractivity contribution in [3.63, 3.8) is 0 Å². The highest BCUT2D eigenvalue weighted by atomic mass is 16.6. The number of nitro groups is 1. The number of aromatic nitrogens is 1. The molecule has 0 unspecified atom stereocenters. The van der Waals surface area contributed by atoms with Crippen molar-refractivity contribution in [1.29, 1.82) is 0 Å². The van der Waals surface area contributed by atoms with E-state index in [0.29, 0.717) is 19.0 Å². The summed E-state index contributed by atoms with van der Waals surface area (Å²) in [5.41, 5.74) is 0.829. The first-order valence-electron chi connectivity index (χ1n) is 8.91. The Labute approximate surface area is 163 Å². The number of unbranched alkanes of at least 4 members (excludes halogenated alkanes) is 2. The molecule has 1 aromatic carbocycles. The third kappa shape index (κ3) is 7.45. The molecule has 1 N–H and O–H groups in total. The fraction of sp³-hybridized carbons (Fsp3) is 0.300. The molecule has 0 fully saturated rings. The lowest BCUT2D eigenvalue weighted by Crippen LogP contribution is -2.05. The van der Waals surface area contributed by atoms with Crippen molar-refractivity contribution in [2.45, 2.75) is 19.3 Å². The van der Waals surface area contributed by atoms with Gasteiger partial charge in [0, 0.05) is 18.7 Å². The van der Waals surface area contributed by atoms with Gasteiger partial charge in [0.25, 0.3) is 5.69 Å². The largest absolute Gasteiger partial charge is 0.497 e. The molecule has 2 rings (SSSR count). The van der Waals surface area contributed by atoms with E-state index in [1.54, 1.807) is 19.3 Å². The molecule has 0 spiro atoms. The van der Waals surface area contributed by atoms with Crippen molar-refractivity contribution in [3.8, 4) is 5.75 Å². The molecule has 0 bridgehead atoms. The summed E-state index contributed by atoms with van der Waals surface area (Å²) in [6.07, 6.45) is 6.82. The normalized spacial score (nSPS) is 10.6. The molecule has 1 heterocycles. The van der Waals surface area contributed by atoms with E-state index in [1.807, 2.05) is 24.3 Å². The molecule has 8 nitrogen and oxygen atoms in total. The van der Waals surface area contributed by atoms with Crippen LogP contribution in [0.3, 0.4) is 0 Å². The van der Waals surface area contributed by atoms with Gasteiger partial charge in [-0.1, -0.05) is 12.1 Å². The zero-order valence-electron chi connectivity index (χ0n) is 15.7. The van der Waals surface area contributed by atoms with E-state index >= 15 is 0 Å². The highest BCUT2D eigenvalue weighted by molar-refractivity contribution is 5.87. The van der Waals surface area contributed by atoms with Crippen LogP contribution < -0.4 is 10.1 Å². The Morgan fingerprint density at radius 2 is 2.11 bits per heavy atom. The van der Waals surface area contributed by atoms with Crippen molar-refractivity contribution in [2.24, 2.45) is 0 Å².